The van der Waals surface area contributed by atoms with Crippen LogP contribution in [-0.4, -0.2) is 15.0 Å². The van der Waals surface area contributed by atoms with Gasteiger partial charge >= 0.3 is 0 Å². The van der Waals surface area contributed by atoms with Gasteiger partial charge in [-0.2, -0.15) is 5.26 Å². The molecule has 0 saturated carbocycles. The van der Waals surface area contributed by atoms with Crippen molar-refractivity contribution in [3.05, 3.63) is 72.2 Å². The number of hydrogen-bond donors (Lipinski definition) is 1. The highest BCUT2D eigenvalue weighted by molar-refractivity contribution is 5.90. The van der Waals surface area contributed by atoms with Crippen molar-refractivity contribution in [1.29, 1.82) is 5.26 Å². The number of H-pyrrole nitrogens is 1. The molecule has 0 atom stereocenters. The maximum absolute atomic E-state index is 9.47. The van der Waals surface area contributed by atoms with Crippen LogP contribution in [-0.2, 0) is 0 Å². The summed E-state index contributed by atoms with van der Waals surface area (Å²) in [6.07, 6.45) is 1.75. The molecule has 1 N–H and O–H groups in total. The van der Waals surface area contributed by atoms with Gasteiger partial charge in [-0.15, -0.1) is 0 Å². The summed E-state index contributed by atoms with van der Waals surface area (Å²) in [6, 6.07) is 21.7. The Hall–Kier alpha value is -3.45. The van der Waals surface area contributed by atoms with Crippen molar-refractivity contribution in [2.24, 2.45) is 0 Å². The lowest BCUT2D eigenvalue weighted by atomic mass is 10.1. The fraction of sp³-hybridized carbons (Fsp3) is 0. The van der Waals surface area contributed by atoms with Gasteiger partial charge in [0.05, 0.1) is 27.8 Å². The standard InChI is InChI=1S/C19H12N4/c20-12-14(19-22-17-7-3-4-8-18(17)23-19)11-15-10-9-13-5-1-2-6-16(13)21-15/h1-11H,(H,22,23). The number of aromatic amines is 1. The fourth-order valence-electron chi connectivity index (χ4n) is 2.54. The molecule has 0 radical (unpaired) electrons. The fourth-order valence-corrected chi connectivity index (χ4v) is 2.54. The van der Waals surface area contributed by atoms with Gasteiger partial charge in [0, 0.05) is 5.39 Å². The molecule has 108 valence electrons. The number of nitriles is 1. The molecule has 0 amide bonds. The van der Waals surface area contributed by atoms with Crippen LogP contribution in [0.3, 0.4) is 0 Å². The molecule has 0 aliphatic rings. The van der Waals surface area contributed by atoms with Crippen LogP contribution in [0.5, 0.6) is 0 Å². The highest BCUT2D eigenvalue weighted by Crippen LogP contribution is 2.19. The van der Waals surface area contributed by atoms with Crippen LogP contribution in [0.15, 0.2) is 60.7 Å². The van der Waals surface area contributed by atoms with Gasteiger partial charge in [-0.05, 0) is 30.3 Å². The average molecular weight is 296 g/mol. The zero-order valence-corrected chi connectivity index (χ0v) is 12.2. The Labute approximate surface area is 132 Å². The van der Waals surface area contributed by atoms with E-state index in [0.29, 0.717) is 11.4 Å². The Bertz CT molecular complexity index is 1050. The predicted molar refractivity (Wildman–Crippen MR) is 91.3 cm³/mol. The second-order valence-electron chi connectivity index (χ2n) is 5.20. The van der Waals surface area contributed by atoms with Crippen LogP contribution in [0.25, 0.3) is 33.6 Å². The van der Waals surface area contributed by atoms with E-state index in [1.54, 1.807) is 6.08 Å². The molecule has 0 aliphatic carbocycles. The second kappa shape index (κ2) is 5.39. The van der Waals surface area contributed by atoms with Crippen molar-refractivity contribution < 1.29 is 0 Å². The van der Waals surface area contributed by atoms with E-state index in [9.17, 15) is 5.26 Å². The number of aromatic nitrogens is 3. The molecule has 0 saturated heterocycles. The van der Waals surface area contributed by atoms with Crippen molar-refractivity contribution >= 4 is 33.6 Å². The number of rotatable bonds is 2. The van der Waals surface area contributed by atoms with Crippen molar-refractivity contribution in [3.63, 3.8) is 0 Å². The monoisotopic (exact) mass is 296 g/mol. The number of nitrogens with zero attached hydrogens (tertiary/aromatic N) is 3. The minimum absolute atomic E-state index is 0.462. The topological polar surface area (TPSA) is 65.4 Å². The van der Waals surface area contributed by atoms with Gasteiger partial charge in [0.15, 0.2) is 0 Å². The number of hydrogen-bond acceptors (Lipinski definition) is 3. The van der Waals surface area contributed by atoms with Crippen LogP contribution in [0.2, 0.25) is 0 Å². The van der Waals surface area contributed by atoms with Gasteiger partial charge in [-0.25, -0.2) is 9.97 Å². The van der Waals surface area contributed by atoms with Crippen molar-refractivity contribution in [3.8, 4) is 6.07 Å². The lowest BCUT2D eigenvalue weighted by molar-refractivity contribution is 1.27. The molecular weight excluding hydrogens is 284 g/mol. The molecule has 0 fully saturated rings. The van der Waals surface area contributed by atoms with Gasteiger partial charge in [0.1, 0.15) is 11.9 Å². The third-order valence-corrected chi connectivity index (χ3v) is 3.68. The molecule has 0 spiro atoms. The quantitative estimate of drug-likeness (QED) is 0.564. The van der Waals surface area contributed by atoms with Gasteiger partial charge in [-0.1, -0.05) is 36.4 Å². The number of benzene rings is 2. The van der Waals surface area contributed by atoms with E-state index in [2.05, 4.69) is 21.0 Å². The van der Waals surface area contributed by atoms with E-state index >= 15 is 0 Å². The third-order valence-electron chi connectivity index (χ3n) is 3.68. The molecule has 0 aliphatic heterocycles. The molecule has 4 heteroatoms. The van der Waals surface area contributed by atoms with Crippen molar-refractivity contribution in [2.45, 2.75) is 0 Å². The Balaban J connectivity index is 1.81. The Morgan fingerprint density at radius 2 is 1.70 bits per heavy atom. The molecule has 2 aromatic carbocycles. The minimum atomic E-state index is 0.462. The van der Waals surface area contributed by atoms with Crippen molar-refractivity contribution in [1.82, 2.24) is 15.0 Å². The lowest BCUT2D eigenvalue weighted by Gasteiger charge is -1.99. The van der Waals surface area contributed by atoms with E-state index in [1.807, 2.05) is 60.7 Å². The Morgan fingerprint density at radius 3 is 2.52 bits per heavy atom. The third kappa shape index (κ3) is 2.45. The number of nitrogens with one attached hydrogen (secondary N) is 1. The molecule has 2 heterocycles. The zero-order valence-electron chi connectivity index (χ0n) is 12.2. The lowest BCUT2D eigenvalue weighted by Crippen LogP contribution is -1.88. The summed E-state index contributed by atoms with van der Waals surface area (Å²) in [4.78, 5) is 12.2. The molecule has 4 aromatic rings. The first-order chi connectivity index (χ1) is 11.3. The van der Waals surface area contributed by atoms with E-state index in [-0.39, 0.29) is 0 Å². The molecule has 0 bridgehead atoms. The molecule has 2 aromatic heterocycles. The number of imidazole rings is 1. The summed E-state index contributed by atoms with van der Waals surface area (Å²) in [5.41, 5.74) is 3.86. The molecule has 4 nitrogen and oxygen atoms in total. The van der Waals surface area contributed by atoms with Gasteiger partial charge in [-0.3, -0.25) is 0 Å². The van der Waals surface area contributed by atoms with E-state index < -0.39 is 0 Å². The van der Waals surface area contributed by atoms with Gasteiger partial charge in [0.25, 0.3) is 0 Å². The zero-order chi connectivity index (χ0) is 15.6. The Morgan fingerprint density at radius 1 is 0.913 bits per heavy atom. The number of para-hydroxylation sites is 3. The Kier molecular flexibility index (Phi) is 3.10. The largest absolute Gasteiger partial charge is 0.337 e. The normalized spacial score (nSPS) is 11.7. The van der Waals surface area contributed by atoms with Crippen LogP contribution < -0.4 is 0 Å². The number of pyridine rings is 1. The first kappa shape index (κ1) is 13.2. The van der Waals surface area contributed by atoms with Gasteiger partial charge in [0.2, 0.25) is 0 Å². The first-order valence-electron chi connectivity index (χ1n) is 7.26. The second-order valence-corrected chi connectivity index (χ2v) is 5.20. The number of allylic oxidation sites excluding steroid dienone is 1. The SMILES string of the molecule is N#CC(=Cc1ccc2ccccc2n1)c1nc2ccccc2[nH]1. The molecule has 23 heavy (non-hydrogen) atoms. The van der Waals surface area contributed by atoms with Gasteiger partial charge < -0.3 is 4.98 Å². The van der Waals surface area contributed by atoms with E-state index in [4.69, 9.17) is 0 Å². The summed E-state index contributed by atoms with van der Waals surface area (Å²) in [7, 11) is 0. The van der Waals surface area contributed by atoms with Crippen LogP contribution in [0, 0.1) is 11.3 Å². The summed E-state index contributed by atoms with van der Waals surface area (Å²) >= 11 is 0. The smallest absolute Gasteiger partial charge is 0.149 e. The highest BCUT2D eigenvalue weighted by Gasteiger charge is 2.08. The maximum Gasteiger partial charge on any atom is 0.149 e. The van der Waals surface area contributed by atoms with E-state index in [1.165, 1.54) is 0 Å². The highest BCUT2D eigenvalue weighted by atomic mass is 14.9. The average Bonchev–Trinajstić information content (AvgIpc) is 3.03. The summed E-state index contributed by atoms with van der Waals surface area (Å²) in [5.74, 6) is 0.559. The predicted octanol–water partition coefficient (Wildman–Crippen LogP) is 4.18. The van der Waals surface area contributed by atoms with Crippen LogP contribution in [0.1, 0.15) is 11.5 Å². The minimum Gasteiger partial charge on any atom is -0.337 e. The summed E-state index contributed by atoms with van der Waals surface area (Å²) in [5, 5.41) is 10.5. The molecular formula is C19H12N4. The first-order valence-corrected chi connectivity index (χ1v) is 7.26. The summed E-state index contributed by atoms with van der Waals surface area (Å²) < 4.78 is 0. The molecule has 4 rings (SSSR count). The van der Waals surface area contributed by atoms with Crippen LogP contribution >= 0.6 is 0 Å². The summed E-state index contributed by atoms with van der Waals surface area (Å²) in [6.45, 7) is 0. The maximum atomic E-state index is 9.47. The van der Waals surface area contributed by atoms with E-state index in [0.717, 1.165) is 27.6 Å². The molecule has 0 unspecified atom stereocenters. The number of fused-ring (bicyclic) bond motifs is 2. The van der Waals surface area contributed by atoms with Crippen molar-refractivity contribution in [2.75, 3.05) is 0 Å². The van der Waals surface area contributed by atoms with Crippen LogP contribution in [0.4, 0.5) is 0 Å².